The van der Waals surface area contributed by atoms with Gasteiger partial charge in [0.25, 0.3) is 0 Å². The maximum atomic E-state index is 10.6. The monoisotopic (exact) mass is 1470 g/mol. The van der Waals surface area contributed by atoms with Gasteiger partial charge in [0.1, 0.15) is 21.5 Å². The van der Waals surface area contributed by atoms with Gasteiger partial charge in [-0.25, -0.2) is 9.97 Å². The molecule has 0 aliphatic heterocycles. The molecule has 0 radical (unpaired) electrons. The minimum atomic E-state index is -0.0321. The molecule has 0 fully saturated rings. The Morgan fingerprint density at radius 1 is 0.389 bits per heavy atom. The average Bonchev–Trinajstić information content (AvgIpc) is 1.66. The number of benzene rings is 10. The van der Waals surface area contributed by atoms with Crippen molar-refractivity contribution in [3.8, 4) is 77.1 Å². The van der Waals surface area contributed by atoms with Gasteiger partial charge < -0.3 is 10.2 Å². The van der Waals surface area contributed by atoms with Crippen LogP contribution in [0.15, 0.2) is 210 Å². The molecule has 10 aromatic carbocycles. The van der Waals surface area contributed by atoms with Gasteiger partial charge in [0, 0.05) is 71.5 Å². The van der Waals surface area contributed by atoms with Crippen molar-refractivity contribution >= 4 is 66.9 Å². The summed E-state index contributed by atoms with van der Waals surface area (Å²) in [7, 11) is 0. The van der Waals surface area contributed by atoms with Gasteiger partial charge in [0.05, 0.1) is 21.6 Å². The SMILES string of the molecule is CC(C)c1ccc(-c2c[c-]c(-c3cc(C(C)(C)C)cc4sc(-c5ccccc5N=Cc5cc(C(C)(C)C)ccc5O)nc34)cc2)cc1.CC(C)c1ccc(-c2ccc(-c3cc(C(C)(C)C)cc4sc(-c5ccccc5N=Cc5cc(C(C)(C)C)ccc5O)nc34)cc2)cc1.[Pt]. The number of fused-ring (bicyclic) bond motifs is 2. The molecule has 0 saturated heterocycles. The van der Waals surface area contributed by atoms with E-state index in [1.165, 1.54) is 38.9 Å². The Morgan fingerprint density at radius 3 is 1.16 bits per heavy atom. The number of phenolic OH excluding ortho intramolecular Hbond substituents is 2. The Balaban J connectivity index is 0.000000205. The number of hydrogen-bond acceptors (Lipinski definition) is 8. The predicted molar refractivity (Wildman–Crippen MR) is 404 cm³/mol. The molecule has 0 saturated carbocycles. The molecule has 2 N–H and O–H groups in total. The first-order valence-corrected chi connectivity index (χ1v) is 34.4. The summed E-state index contributed by atoms with van der Waals surface area (Å²) >= 11 is 3.39. The molecule has 0 bridgehead atoms. The first kappa shape index (κ1) is 69.4. The van der Waals surface area contributed by atoms with Crippen LogP contribution in [0.2, 0.25) is 0 Å². The van der Waals surface area contributed by atoms with Crippen molar-refractivity contribution in [1.29, 1.82) is 0 Å². The number of nitrogens with zero attached hydrogens (tertiary/aromatic N) is 4. The zero-order valence-corrected chi connectivity index (χ0v) is 61.6. The minimum absolute atomic E-state index is 0. The summed E-state index contributed by atoms with van der Waals surface area (Å²) in [6.45, 7) is 35.4. The van der Waals surface area contributed by atoms with E-state index in [1.807, 2.05) is 60.7 Å². The van der Waals surface area contributed by atoms with E-state index in [4.69, 9.17) is 20.0 Å². The Labute approximate surface area is 586 Å². The molecule has 95 heavy (non-hydrogen) atoms. The van der Waals surface area contributed by atoms with Gasteiger partial charge in [0.15, 0.2) is 0 Å². The third kappa shape index (κ3) is 16.0. The zero-order chi connectivity index (χ0) is 67.0. The molecule has 2 aromatic heterocycles. The van der Waals surface area contributed by atoms with Gasteiger partial charge in [-0.15, -0.1) is 52.5 Å². The van der Waals surface area contributed by atoms with E-state index in [2.05, 4.69) is 244 Å². The summed E-state index contributed by atoms with van der Waals surface area (Å²) in [4.78, 5) is 20.3. The van der Waals surface area contributed by atoms with Crippen molar-refractivity contribution < 1.29 is 31.3 Å². The second kappa shape index (κ2) is 28.1. The van der Waals surface area contributed by atoms with Crippen LogP contribution < -0.4 is 0 Å². The summed E-state index contributed by atoms with van der Waals surface area (Å²) in [5.74, 6) is 1.46. The van der Waals surface area contributed by atoms with Crippen LogP contribution >= 0.6 is 22.7 Å². The van der Waals surface area contributed by atoms with E-state index in [0.29, 0.717) is 23.0 Å². The normalized spacial score (nSPS) is 12.3. The van der Waals surface area contributed by atoms with Crippen molar-refractivity contribution in [2.24, 2.45) is 9.98 Å². The topological polar surface area (TPSA) is 91.0 Å². The quantitative estimate of drug-likeness (QED) is 0.0942. The number of para-hydroxylation sites is 2. The summed E-state index contributed by atoms with van der Waals surface area (Å²) in [6, 6.07) is 73.6. The molecule has 12 aromatic rings. The number of thiazole rings is 2. The fourth-order valence-electron chi connectivity index (χ4n) is 11.4. The van der Waals surface area contributed by atoms with E-state index in [0.717, 1.165) is 91.9 Å². The van der Waals surface area contributed by atoms with E-state index in [1.54, 1.807) is 47.2 Å². The maximum absolute atomic E-state index is 10.6. The summed E-state index contributed by atoms with van der Waals surface area (Å²) in [5.41, 5.74) is 23.5. The first-order chi connectivity index (χ1) is 44.5. The molecular formula is C86H87N4O2PtS2-. The fraction of sp³-hybridized carbons (Fsp3) is 0.256. The van der Waals surface area contributed by atoms with E-state index in [9.17, 15) is 10.2 Å². The van der Waals surface area contributed by atoms with E-state index < -0.39 is 0 Å². The Kier molecular flexibility index (Phi) is 20.6. The molecule has 0 amide bonds. The van der Waals surface area contributed by atoms with Crippen LogP contribution in [-0.2, 0) is 42.7 Å². The predicted octanol–water partition coefficient (Wildman–Crippen LogP) is 24.7. The number of phenols is 2. The van der Waals surface area contributed by atoms with Gasteiger partial charge in [-0.1, -0.05) is 243 Å². The minimum Gasteiger partial charge on any atom is -0.507 e. The van der Waals surface area contributed by atoms with Crippen molar-refractivity contribution in [2.75, 3.05) is 0 Å². The molecule has 0 aliphatic rings. The Bertz CT molecular complexity index is 4450. The van der Waals surface area contributed by atoms with Gasteiger partial charge in [0.2, 0.25) is 0 Å². The maximum Gasteiger partial charge on any atom is 0.126 e. The molecule has 6 nitrogen and oxygen atoms in total. The van der Waals surface area contributed by atoms with Crippen LogP contribution in [0.1, 0.15) is 167 Å². The van der Waals surface area contributed by atoms with Crippen LogP contribution in [0, 0.1) is 6.07 Å². The fourth-order valence-corrected chi connectivity index (χ4v) is 13.5. The number of aliphatic imine (C=N–C) groups is 2. The largest absolute Gasteiger partial charge is 0.507 e. The summed E-state index contributed by atoms with van der Waals surface area (Å²) < 4.78 is 2.29. The average molecular weight is 1470 g/mol. The van der Waals surface area contributed by atoms with Gasteiger partial charge in [-0.3, -0.25) is 9.98 Å². The van der Waals surface area contributed by atoms with Gasteiger partial charge in [-0.05, 0) is 150 Å². The van der Waals surface area contributed by atoms with Crippen LogP contribution in [0.5, 0.6) is 11.5 Å². The smallest absolute Gasteiger partial charge is 0.126 e. The molecule has 0 aliphatic carbocycles. The number of rotatable bonds is 12. The molecule has 2 heterocycles. The van der Waals surface area contributed by atoms with Crippen LogP contribution in [0.3, 0.4) is 0 Å². The molecule has 12 rings (SSSR count). The van der Waals surface area contributed by atoms with Crippen LogP contribution in [0.4, 0.5) is 11.4 Å². The second-order valence-corrected chi connectivity index (χ2v) is 31.6. The zero-order valence-electron chi connectivity index (χ0n) is 57.7. The van der Waals surface area contributed by atoms with Crippen molar-refractivity contribution in [2.45, 2.75) is 144 Å². The molecular weight excluding hydrogens is 1380 g/mol. The Hall–Kier alpha value is -8.39. The third-order valence-electron chi connectivity index (χ3n) is 17.6. The van der Waals surface area contributed by atoms with Gasteiger partial charge in [-0.2, -0.15) is 0 Å². The van der Waals surface area contributed by atoms with Crippen LogP contribution in [0.25, 0.3) is 86.1 Å². The van der Waals surface area contributed by atoms with Gasteiger partial charge >= 0.3 is 0 Å². The molecule has 9 heteroatoms. The van der Waals surface area contributed by atoms with E-state index in [-0.39, 0.29) is 54.2 Å². The summed E-state index contributed by atoms with van der Waals surface area (Å²) in [6.07, 6.45) is 3.52. The van der Waals surface area contributed by atoms with Crippen LogP contribution in [-0.4, -0.2) is 32.6 Å². The number of aromatic hydroxyl groups is 2. The number of hydrogen-bond donors (Lipinski definition) is 2. The number of aromatic nitrogens is 2. The second-order valence-electron chi connectivity index (χ2n) is 29.5. The van der Waals surface area contributed by atoms with Crippen molar-refractivity contribution in [1.82, 2.24) is 9.97 Å². The molecule has 0 spiro atoms. The molecule has 0 unspecified atom stereocenters. The standard InChI is InChI=1S/C43H44N2OS.C43H43N2OS.Pt/c2*1-27(2)28-13-15-29(16-14-28)30-17-19-31(20-18-30)36-24-34(43(6,7)8)25-39-40(36)45-41(47-39)35-11-9-10-12-37(35)44-26-32-23-33(42(3,4)5)21-22-38(32)46;/h9-27,46H,1-8H3;9-19,21-27,46H,1-8H3;/q;-1;. The first-order valence-electron chi connectivity index (χ1n) is 32.7. The van der Waals surface area contributed by atoms with Crippen molar-refractivity contribution in [3.05, 3.63) is 251 Å². The summed E-state index contributed by atoms with van der Waals surface area (Å²) in [5, 5.41) is 23.0. The molecule has 0 atom stereocenters. The van der Waals surface area contributed by atoms with E-state index >= 15 is 0 Å². The van der Waals surface area contributed by atoms with Crippen molar-refractivity contribution in [3.63, 3.8) is 0 Å². The third-order valence-corrected chi connectivity index (χ3v) is 19.7. The molecule has 486 valence electrons. The Morgan fingerprint density at radius 2 is 0.758 bits per heavy atom.